The van der Waals surface area contributed by atoms with Crippen LogP contribution >= 0.6 is 0 Å². The summed E-state index contributed by atoms with van der Waals surface area (Å²) >= 11 is 0. The normalized spacial score (nSPS) is 14.0. The molecule has 1 unspecified atom stereocenters. The molecular weight excluding hydrogens is 757 g/mol. The van der Waals surface area contributed by atoms with Crippen LogP contribution in [0.15, 0.2) is 228 Å². The molecule has 1 N–H and O–H groups in total. The summed E-state index contributed by atoms with van der Waals surface area (Å²) in [6.07, 6.45) is -0.506. The molecule has 6 heteroatoms. The van der Waals surface area contributed by atoms with Gasteiger partial charge in [-0.15, -0.1) is 0 Å². The lowest BCUT2D eigenvalue weighted by molar-refractivity contribution is 0.516. The van der Waals surface area contributed by atoms with Gasteiger partial charge in [0.1, 0.15) is 5.84 Å². The van der Waals surface area contributed by atoms with Gasteiger partial charge in [-0.3, -0.25) is 4.57 Å². The second-order valence-electron chi connectivity index (χ2n) is 15.7. The summed E-state index contributed by atoms with van der Waals surface area (Å²) in [5.41, 5.74) is 13.7. The highest BCUT2D eigenvalue weighted by Crippen LogP contribution is 2.42. The summed E-state index contributed by atoms with van der Waals surface area (Å²) in [7, 11) is 0. The molecule has 292 valence electrons. The van der Waals surface area contributed by atoms with E-state index >= 15 is 0 Å². The van der Waals surface area contributed by atoms with Crippen molar-refractivity contribution in [2.24, 2.45) is 9.98 Å². The van der Waals surface area contributed by atoms with Crippen LogP contribution in [0, 0.1) is 0 Å². The van der Waals surface area contributed by atoms with Gasteiger partial charge in [-0.1, -0.05) is 182 Å². The van der Waals surface area contributed by atoms with Crippen LogP contribution in [0.1, 0.15) is 17.4 Å². The van der Waals surface area contributed by atoms with Gasteiger partial charge in [0.15, 0.2) is 5.84 Å². The summed E-state index contributed by atoms with van der Waals surface area (Å²) < 4.78 is 4.83. The Kier molecular flexibility index (Phi) is 8.45. The molecule has 1 atom stereocenters. The molecule has 3 aromatic heterocycles. The van der Waals surface area contributed by atoms with Gasteiger partial charge in [0.2, 0.25) is 6.29 Å². The lowest BCUT2D eigenvalue weighted by Gasteiger charge is -2.26. The first-order valence-corrected chi connectivity index (χ1v) is 21.0. The molecule has 0 fully saturated rings. The van der Waals surface area contributed by atoms with Gasteiger partial charge in [-0.25, -0.2) is 15.0 Å². The zero-order valence-corrected chi connectivity index (χ0v) is 33.6. The number of benzene rings is 8. The van der Waals surface area contributed by atoms with Crippen LogP contribution in [0.5, 0.6) is 0 Å². The Labute approximate surface area is 358 Å². The van der Waals surface area contributed by atoms with Gasteiger partial charge in [0.25, 0.3) is 0 Å². The van der Waals surface area contributed by atoms with Crippen LogP contribution < -0.4 is 5.32 Å². The van der Waals surface area contributed by atoms with E-state index in [-0.39, 0.29) is 0 Å². The fraction of sp³-hybridized carbons (Fsp3) is 0.0179. The van der Waals surface area contributed by atoms with Crippen molar-refractivity contribution < 1.29 is 0 Å². The molecule has 1 aliphatic rings. The van der Waals surface area contributed by atoms with Crippen molar-refractivity contribution in [1.82, 2.24) is 19.4 Å². The molecule has 0 aliphatic carbocycles. The number of nitrogens with zero attached hydrogens (tertiary/aromatic N) is 5. The average molecular weight is 795 g/mol. The maximum absolute atomic E-state index is 5.42. The third-order valence-corrected chi connectivity index (χ3v) is 12.0. The highest BCUT2D eigenvalue weighted by molar-refractivity contribution is 6.23. The second-order valence-corrected chi connectivity index (χ2v) is 15.7. The maximum atomic E-state index is 5.42. The monoisotopic (exact) mass is 794 g/mol. The van der Waals surface area contributed by atoms with Gasteiger partial charge in [0, 0.05) is 49.5 Å². The molecule has 0 spiro atoms. The number of pyridine rings is 1. The maximum Gasteiger partial charge on any atom is 0.204 e. The van der Waals surface area contributed by atoms with E-state index in [4.69, 9.17) is 15.0 Å². The number of rotatable bonds is 7. The van der Waals surface area contributed by atoms with E-state index in [1.807, 2.05) is 36.4 Å². The van der Waals surface area contributed by atoms with Gasteiger partial charge >= 0.3 is 0 Å². The number of para-hydroxylation sites is 2. The van der Waals surface area contributed by atoms with E-state index in [2.05, 4.69) is 196 Å². The minimum atomic E-state index is -0.506. The predicted molar refractivity (Wildman–Crippen MR) is 256 cm³/mol. The van der Waals surface area contributed by atoms with Crippen molar-refractivity contribution in [2.45, 2.75) is 6.29 Å². The van der Waals surface area contributed by atoms with Gasteiger partial charge in [-0.2, -0.15) is 0 Å². The summed E-state index contributed by atoms with van der Waals surface area (Å²) in [4.78, 5) is 15.7. The smallest absolute Gasteiger partial charge is 0.204 e. The van der Waals surface area contributed by atoms with Crippen molar-refractivity contribution in [3.63, 3.8) is 0 Å². The Morgan fingerprint density at radius 2 is 0.903 bits per heavy atom. The first kappa shape index (κ1) is 35.6. The largest absolute Gasteiger partial charge is 0.331 e. The summed E-state index contributed by atoms with van der Waals surface area (Å²) in [6, 6.07) is 76.8. The third-order valence-electron chi connectivity index (χ3n) is 12.0. The quantitative estimate of drug-likeness (QED) is 0.175. The van der Waals surface area contributed by atoms with Crippen molar-refractivity contribution in [3.05, 3.63) is 230 Å². The predicted octanol–water partition coefficient (Wildman–Crippen LogP) is 13.2. The van der Waals surface area contributed by atoms with Crippen molar-refractivity contribution in [1.29, 1.82) is 0 Å². The Bertz CT molecular complexity index is 3470. The fourth-order valence-corrected chi connectivity index (χ4v) is 9.12. The van der Waals surface area contributed by atoms with Crippen molar-refractivity contribution >= 4 is 55.3 Å². The van der Waals surface area contributed by atoms with E-state index in [9.17, 15) is 0 Å². The van der Waals surface area contributed by atoms with Crippen molar-refractivity contribution in [2.75, 3.05) is 0 Å². The highest BCUT2D eigenvalue weighted by atomic mass is 15.3. The van der Waals surface area contributed by atoms with Crippen LogP contribution in [0.25, 0.3) is 82.9 Å². The van der Waals surface area contributed by atoms with E-state index in [0.29, 0.717) is 5.84 Å². The van der Waals surface area contributed by atoms with Crippen LogP contribution in [0.4, 0.5) is 0 Å². The molecule has 12 rings (SSSR count). The SMILES string of the molecule is c1ccc(C2=NC(n3c4ccccc4c4ccc5c6ccccc6n(-c6cccc(-c7cc(-c8ccccc8)nc(-c8ccccc8)c7)c6)c5c43)NC(c3ccccc3)=N2)cc1. The molecule has 11 aromatic rings. The number of nitrogens with one attached hydrogen (secondary N) is 1. The van der Waals surface area contributed by atoms with Crippen LogP contribution in [0.2, 0.25) is 0 Å². The number of hydrogen-bond acceptors (Lipinski definition) is 4. The number of hydrogen-bond donors (Lipinski definition) is 1. The molecule has 0 radical (unpaired) electrons. The summed E-state index contributed by atoms with van der Waals surface area (Å²) in [6.45, 7) is 0. The number of amidine groups is 2. The zero-order chi connectivity index (χ0) is 41.0. The molecule has 1 aliphatic heterocycles. The van der Waals surface area contributed by atoms with Crippen LogP contribution in [-0.4, -0.2) is 25.8 Å². The van der Waals surface area contributed by atoms with Crippen LogP contribution in [0.3, 0.4) is 0 Å². The summed E-state index contributed by atoms with van der Waals surface area (Å²) in [5, 5.41) is 8.47. The Morgan fingerprint density at radius 1 is 0.387 bits per heavy atom. The van der Waals surface area contributed by atoms with Gasteiger partial charge in [-0.05, 0) is 47.5 Å². The zero-order valence-electron chi connectivity index (χ0n) is 33.6. The Morgan fingerprint density at radius 3 is 1.55 bits per heavy atom. The number of aromatic nitrogens is 3. The first-order valence-electron chi connectivity index (χ1n) is 21.0. The van der Waals surface area contributed by atoms with E-state index in [0.717, 1.165) is 89.1 Å². The Hall–Kier alpha value is -8.35. The average Bonchev–Trinajstić information content (AvgIpc) is 3.88. The van der Waals surface area contributed by atoms with E-state index in [1.165, 1.54) is 10.8 Å². The van der Waals surface area contributed by atoms with Gasteiger partial charge in [0.05, 0.1) is 33.5 Å². The topological polar surface area (TPSA) is 59.5 Å². The molecule has 8 aromatic carbocycles. The van der Waals surface area contributed by atoms with Crippen molar-refractivity contribution in [3.8, 4) is 39.3 Å². The standard InChI is InChI=1S/C56H38N6/c1-5-18-37(19-6-1)48-35-42(36-49(57-48)38-20-7-2-8-21-38)41-26-17-27-43(34-41)61-50-30-15-13-28-44(50)46-32-33-47-45-29-14-16-31-51(45)62(53(47)52(46)61)56-59-54(39-22-9-3-10-23-39)58-55(60-56)40-24-11-4-12-25-40/h1-36,56H,(H,58,59,60). The first-order chi connectivity index (χ1) is 30.7. The lowest BCUT2D eigenvalue weighted by Crippen LogP contribution is -2.36. The molecule has 0 bridgehead atoms. The van der Waals surface area contributed by atoms with Gasteiger partial charge < -0.3 is 9.88 Å². The Balaban J connectivity index is 1.11. The molecule has 62 heavy (non-hydrogen) atoms. The minimum absolute atomic E-state index is 0.506. The molecular formula is C56H38N6. The third kappa shape index (κ3) is 6.00. The molecule has 0 amide bonds. The highest BCUT2D eigenvalue weighted by Gasteiger charge is 2.27. The number of fused-ring (bicyclic) bond motifs is 7. The minimum Gasteiger partial charge on any atom is -0.331 e. The summed E-state index contributed by atoms with van der Waals surface area (Å²) in [5.74, 6) is 1.46. The molecule has 4 heterocycles. The molecule has 0 saturated heterocycles. The van der Waals surface area contributed by atoms with E-state index in [1.54, 1.807) is 0 Å². The number of aliphatic imine (C=N–C) groups is 2. The van der Waals surface area contributed by atoms with E-state index < -0.39 is 6.29 Å². The molecule has 6 nitrogen and oxygen atoms in total. The fourth-order valence-electron chi connectivity index (χ4n) is 9.12. The second kappa shape index (κ2) is 14.7. The van der Waals surface area contributed by atoms with Crippen LogP contribution in [-0.2, 0) is 0 Å². The molecule has 0 saturated carbocycles. The lowest BCUT2D eigenvalue weighted by atomic mass is 9.99.